The maximum absolute atomic E-state index is 12.7. The summed E-state index contributed by atoms with van der Waals surface area (Å²) in [6.45, 7) is -1.50. The molecule has 0 aliphatic heterocycles. The molecule has 9 heteroatoms. The lowest BCUT2D eigenvalue weighted by atomic mass is 10.3. The third-order valence-electron chi connectivity index (χ3n) is 2.35. The fourth-order valence-electron chi connectivity index (χ4n) is 1.39. The van der Waals surface area contributed by atoms with E-state index in [9.17, 15) is 22.4 Å². The van der Waals surface area contributed by atoms with E-state index in [2.05, 4.69) is 20.0 Å². The number of amides is 1. The summed E-state index contributed by atoms with van der Waals surface area (Å²) in [6.07, 6.45) is -2.60. The Morgan fingerprint density at radius 1 is 1.14 bits per heavy atom. The second-order valence-electron chi connectivity index (χ2n) is 4.10. The van der Waals surface area contributed by atoms with Gasteiger partial charge in [0.05, 0.1) is 12.4 Å². The highest BCUT2D eigenvalue weighted by atomic mass is 19.4. The van der Waals surface area contributed by atoms with Gasteiger partial charge in [-0.1, -0.05) is 0 Å². The van der Waals surface area contributed by atoms with E-state index >= 15 is 0 Å². The number of rotatable bonds is 4. The number of halogens is 4. The lowest BCUT2D eigenvalue weighted by molar-refractivity contribution is -0.154. The van der Waals surface area contributed by atoms with Gasteiger partial charge in [-0.05, 0) is 24.3 Å². The van der Waals surface area contributed by atoms with Crippen molar-refractivity contribution in [1.82, 2.24) is 9.97 Å². The van der Waals surface area contributed by atoms with Crippen LogP contribution in [0.15, 0.2) is 36.7 Å². The third kappa shape index (κ3) is 4.69. The summed E-state index contributed by atoms with van der Waals surface area (Å²) in [6, 6.07) is 5.02. The van der Waals surface area contributed by atoms with Crippen molar-refractivity contribution < 1.29 is 27.1 Å². The molecule has 0 bridgehead atoms. The topological polar surface area (TPSA) is 64.1 Å². The quantitative estimate of drug-likeness (QED) is 0.881. The van der Waals surface area contributed by atoms with E-state index in [1.54, 1.807) is 0 Å². The minimum atomic E-state index is -4.49. The first kappa shape index (κ1) is 15.7. The number of ether oxygens (including phenoxy) is 1. The lowest BCUT2D eigenvalue weighted by Crippen LogP contribution is -2.20. The van der Waals surface area contributed by atoms with Crippen molar-refractivity contribution in [1.29, 1.82) is 0 Å². The highest BCUT2D eigenvalue weighted by Crippen LogP contribution is 2.16. The molecule has 2 aromatic rings. The molecule has 0 unspecified atom stereocenters. The second-order valence-corrected chi connectivity index (χ2v) is 4.10. The number of nitrogens with one attached hydrogen (secondary N) is 1. The van der Waals surface area contributed by atoms with Crippen LogP contribution in [0.25, 0.3) is 0 Å². The minimum absolute atomic E-state index is 0.122. The zero-order valence-corrected chi connectivity index (χ0v) is 10.9. The number of alkyl halides is 3. The van der Waals surface area contributed by atoms with Crippen LogP contribution in [0.1, 0.15) is 10.5 Å². The molecule has 2 rings (SSSR count). The minimum Gasteiger partial charge on any atom is -0.467 e. The van der Waals surface area contributed by atoms with E-state index < -0.39 is 24.5 Å². The molecule has 0 atom stereocenters. The van der Waals surface area contributed by atoms with Crippen LogP contribution in [-0.2, 0) is 0 Å². The van der Waals surface area contributed by atoms with Gasteiger partial charge >= 0.3 is 6.18 Å². The van der Waals surface area contributed by atoms with Gasteiger partial charge in [0.1, 0.15) is 11.5 Å². The van der Waals surface area contributed by atoms with E-state index in [-0.39, 0.29) is 11.6 Å². The van der Waals surface area contributed by atoms with Crippen molar-refractivity contribution >= 4 is 11.6 Å². The van der Waals surface area contributed by atoms with E-state index in [0.717, 1.165) is 24.5 Å². The van der Waals surface area contributed by atoms with Crippen molar-refractivity contribution in [2.24, 2.45) is 0 Å². The molecule has 1 aromatic heterocycles. The Hall–Kier alpha value is -2.71. The van der Waals surface area contributed by atoms with Crippen LogP contribution in [0.3, 0.4) is 0 Å². The van der Waals surface area contributed by atoms with Crippen LogP contribution in [0.5, 0.6) is 5.88 Å². The normalized spacial score (nSPS) is 11.1. The summed E-state index contributed by atoms with van der Waals surface area (Å²) in [5, 5.41) is 2.43. The molecule has 5 nitrogen and oxygen atoms in total. The Balaban J connectivity index is 1.97. The molecular weight excluding hydrogens is 306 g/mol. The first-order valence-corrected chi connectivity index (χ1v) is 5.92. The number of benzene rings is 1. The maximum atomic E-state index is 12.7. The Bertz CT molecular complexity index is 642. The highest BCUT2D eigenvalue weighted by molar-refractivity contribution is 6.02. The predicted octanol–water partition coefficient (Wildman–Crippen LogP) is 2.81. The van der Waals surface area contributed by atoms with Gasteiger partial charge in [-0.15, -0.1) is 0 Å². The molecule has 116 valence electrons. The van der Waals surface area contributed by atoms with Gasteiger partial charge in [0.25, 0.3) is 5.91 Å². The summed E-state index contributed by atoms with van der Waals surface area (Å²) in [5.41, 5.74) is 0.217. The van der Waals surface area contributed by atoms with Gasteiger partial charge in [0, 0.05) is 5.69 Å². The molecule has 0 aliphatic rings. The molecule has 1 N–H and O–H groups in total. The summed E-state index contributed by atoms with van der Waals surface area (Å²) in [7, 11) is 0. The van der Waals surface area contributed by atoms with Crippen molar-refractivity contribution in [2.75, 3.05) is 11.9 Å². The van der Waals surface area contributed by atoms with E-state index in [0.29, 0.717) is 5.69 Å². The molecule has 0 saturated heterocycles. The summed E-state index contributed by atoms with van der Waals surface area (Å²) >= 11 is 0. The summed E-state index contributed by atoms with van der Waals surface area (Å²) in [4.78, 5) is 19.0. The molecule has 0 aliphatic carbocycles. The van der Waals surface area contributed by atoms with Crippen molar-refractivity contribution in [3.63, 3.8) is 0 Å². The molecule has 1 amide bonds. The van der Waals surface area contributed by atoms with E-state index in [1.165, 1.54) is 12.1 Å². The Kier molecular flexibility index (Phi) is 4.54. The fraction of sp³-hybridized carbons (Fsp3) is 0.154. The number of carbonyl (C=O) groups is 1. The largest absolute Gasteiger partial charge is 0.467 e. The maximum Gasteiger partial charge on any atom is 0.422 e. The van der Waals surface area contributed by atoms with Crippen molar-refractivity contribution in [3.8, 4) is 5.88 Å². The molecule has 0 radical (unpaired) electrons. The van der Waals surface area contributed by atoms with Crippen LogP contribution in [0, 0.1) is 5.82 Å². The smallest absolute Gasteiger partial charge is 0.422 e. The van der Waals surface area contributed by atoms with Crippen LogP contribution in [0.2, 0.25) is 0 Å². The SMILES string of the molecule is O=C(Nc1ccc(F)cc1)c1cnc(OCC(F)(F)F)cn1. The van der Waals surface area contributed by atoms with Crippen molar-refractivity contribution in [3.05, 3.63) is 48.2 Å². The highest BCUT2D eigenvalue weighted by Gasteiger charge is 2.28. The number of aromatic nitrogens is 2. The van der Waals surface area contributed by atoms with Gasteiger partial charge in [-0.3, -0.25) is 4.79 Å². The molecule has 0 spiro atoms. The molecular formula is C13H9F4N3O2. The van der Waals surface area contributed by atoms with Gasteiger partial charge in [0.2, 0.25) is 5.88 Å². The number of anilines is 1. The molecule has 22 heavy (non-hydrogen) atoms. The zero-order valence-electron chi connectivity index (χ0n) is 10.9. The Morgan fingerprint density at radius 2 is 1.82 bits per heavy atom. The third-order valence-corrected chi connectivity index (χ3v) is 2.35. The number of hydrogen-bond donors (Lipinski definition) is 1. The molecule has 0 saturated carbocycles. The number of nitrogens with zero attached hydrogens (tertiary/aromatic N) is 2. The first-order chi connectivity index (χ1) is 10.3. The molecule has 0 fully saturated rings. The van der Waals surface area contributed by atoms with Crippen LogP contribution >= 0.6 is 0 Å². The standard InChI is InChI=1S/C13H9F4N3O2/c14-8-1-3-9(4-2-8)20-12(21)10-5-19-11(6-18-10)22-7-13(15,16)17/h1-6H,7H2,(H,20,21). The van der Waals surface area contributed by atoms with Gasteiger partial charge in [-0.25, -0.2) is 14.4 Å². The zero-order chi connectivity index (χ0) is 16.2. The van der Waals surface area contributed by atoms with E-state index in [1.807, 2.05) is 0 Å². The molecule has 1 heterocycles. The van der Waals surface area contributed by atoms with Gasteiger partial charge < -0.3 is 10.1 Å². The predicted molar refractivity (Wildman–Crippen MR) is 67.9 cm³/mol. The summed E-state index contributed by atoms with van der Waals surface area (Å²) in [5.74, 6) is -1.44. The van der Waals surface area contributed by atoms with Gasteiger partial charge in [-0.2, -0.15) is 13.2 Å². The lowest BCUT2D eigenvalue weighted by Gasteiger charge is -2.08. The summed E-state index contributed by atoms with van der Waals surface area (Å²) < 4.78 is 53.0. The average Bonchev–Trinajstić information content (AvgIpc) is 2.47. The van der Waals surface area contributed by atoms with Crippen molar-refractivity contribution in [2.45, 2.75) is 6.18 Å². The average molecular weight is 315 g/mol. The number of hydrogen-bond acceptors (Lipinski definition) is 4. The second kappa shape index (κ2) is 6.37. The first-order valence-electron chi connectivity index (χ1n) is 5.92. The van der Waals surface area contributed by atoms with Crippen LogP contribution in [0.4, 0.5) is 23.2 Å². The monoisotopic (exact) mass is 315 g/mol. The molecule has 1 aromatic carbocycles. The Morgan fingerprint density at radius 3 is 2.36 bits per heavy atom. The van der Waals surface area contributed by atoms with Crippen LogP contribution < -0.4 is 10.1 Å². The number of carbonyl (C=O) groups excluding carboxylic acids is 1. The fourth-order valence-corrected chi connectivity index (χ4v) is 1.39. The van der Waals surface area contributed by atoms with Crippen LogP contribution in [-0.4, -0.2) is 28.7 Å². The van der Waals surface area contributed by atoms with Gasteiger partial charge in [0.15, 0.2) is 6.61 Å². The Labute approximate surface area is 122 Å². The van der Waals surface area contributed by atoms with E-state index in [4.69, 9.17) is 0 Å².